The Morgan fingerprint density at radius 3 is 2.30 bits per heavy atom. The third-order valence-corrected chi connectivity index (χ3v) is 3.97. The lowest BCUT2D eigenvalue weighted by Gasteiger charge is -2.13. The summed E-state index contributed by atoms with van der Waals surface area (Å²) in [7, 11) is 0. The molecule has 0 aromatic heterocycles. The molecular formula is C20H20N2O. The molecule has 23 heavy (non-hydrogen) atoms. The van der Waals surface area contributed by atoms with Crippen molar-refractivity contribution < 1.29 is 4.79 Å². The predicted molar refractivity (Wildman–Crippen MR) is 97.0 cm³/mol. The largest absolute Gasteiger partial charge is 0.376 e. The van der Waals surface area contributed by atoms with E-state index in [-0.39, 0.29) is 12.5 Å². The van der Waals surface area contributed by atoms with E-state index in [1.807, 2.05) is 74.5 Å². The standard InChI is InChI=1S/C20H20N2O/c1-14-7-5-8-15(2)20(14)21-13-19(23)22-18-12-6-10-16-9-3-4-11-17(16)18/h3-12,21H,13H2,1-2H3,(H,22,23). The van der Waals surface area contributed by atoms with Gasteiger partial charge in [-0.25, -0.2) is 0 Å². The van der Waals surface area contributed by atoms with Crippen molar-refractivity contribution in [3.63, 3.8) is 0 Å². The van der Waals surface area contributed by atoms with Gasteiger partial charge in [-0.1, -0.05) is 54.6 Å². The van der Waals surface area contributed by atoms with Gasteiger partial charge in [-0.05, 0) is 36.4 Å². The number of carbonyl (C=O) groups is 1. The molecule has 0 aliphatic heterocycles. The first-order chi connectivity index (χ1) is 11.1. The molecular weight excluding hydrogens is 284 g/mol. The molecule has 0 saturated heterocycles. The maximum Gasteiger partial charge on any atom is 0.243 e. The topological polar surface area (TPSA) is 41.1 Å². The van der Waals surface area contributed by atoms with Crippen LogP contribution in [0.15, 0.2) is 60.7 Å². The smallest absolute Gasteiger partial charge is 0.243 e. The summed E-state index contributed by atoms with van der Waals surface area (Å²) in [6.45, 7) is 4.32. The number of hydrogen-bond donors (Lipinski definition) is 2. The van der Waals surface area contributed by atoms with Gasteiger partial charge in [0.15, 0.2) is 0 Å². The van der Waals surface area contributed by atoms with Crippen molar-refractivity contribution >= 4 is 28.1 Å². The summed E-state index contributed by atoms with van der Waals surface area (Å²) >= 11 is 0. The van der Waals surface area contributed by atoms with Gasteiger partial charge in [0.25, 0.3) is 0 Å². The van der Waals surface area contributed by atoms with E-state index in [0.29, 0.717) is 0 Å². The van der Waals surface area contributed by atoms with Crippen molar-refractivity contribution in [3.05, 3.63) is 71.8 Å². The van der Waals surface area contributed by atoms with Crippen molar-refractivity contribution in [3.8, 4) is 0 Å². The molecule has 3 nitrogen and oxygen atoms in total. The Hall–Kier alpha value is -2.81. The number of amides is 1. The van der Waals surface area contributed by atoms with Gasteiger partial charge in [-0.15, -0.1) is 0 Å². The number of fused-ring (bicyclic) bond motifs is 1. The Balaban J connectivity index is 1.72. The molecule has 2 N–H and O–H groups in total. The number of carbonyl (C=O) groups excluding carboxylic acids is 1. The van der Waals surface area contributed by atoms with Crippen molar-refractivity contribution in [1.29, 1.82) is 0 Å². The summed E-state index contributed by atoms with van der Waals surface area (Å²) in [6, 6.07) is 20.1. The lowest BCUT2D eigenvalue weighted by molar-refractivity contribution is -0.114. The van der Waals surface area contributed by atoms with Crippen LogP contribution in [0.25, 0.3) is 10.8 Å². The second kappa shape index (κ2) is 6.53. The number of rotatable bonds is 4. The Kier molecular flexibility index (Phi) is 4.29. The van der Waals surface area contributed by atoms with Gasteiger partial charge in [-0.3, -0.25) is 4.79 Å². The number of hydrogen-bond acceptors (Lipinski definition) is 2. The van der Waals surface area contributed by atoms with Gasteiger partial charge >= 0.3 is 0 Å². The van der Waals surface area contributed by atoms with Gasteiger partial charge in [0.05, 0.1) is 6.54 Å². The van der Waals surface area contributed by atoms with Crippen molar-refractivity contribution in [1.82, 2.24) is 0 Å². The Morgan fingerprint density at radius 2 is 1.52 bits per heavy atom. The highest BCUT2D eigenvalue weighted by atomic mass is 16.1. The van der Waals surface area contributed by atoms with Crippen molar-refractivity contribution in [2.24, 2.45) is 0 Å². The molecule has 3 aromatic rings. The van der Waals surface area contributed by atoms with Crippen LogP contribution in [-0.2, 0) is 4.79 Å². The van der Waals surface area contributed by atoms with Crippen LogP contribution in [0.2, 0.25) is 0 Å². The van der Waals surface area contributed by atoms with E-state index in [0.717, 1.165) is 33.3 Å². The molecule has 116 valence electrons. The van der Waals surface area contributed by atoms with E-state index < -0.39 is 0 Å². The predicted octanol–water partition coefficient (Wildman–Crippen LogP) is 4.51. The van der Waals surface area contributed by atoms with Gasteiger partial charge in [0, 0.05) is 16.8 Å². The molecule has 0 heterocycles. The summed E-state index contributed by atoms with van der Waals surface area (Å²) in [4.78, 5) is 12.3. The first-order valence-electron chi connectivity index (χ1n) is 7.73. The quantitative estimate of drug-likeness (QED) is 0.744. The number of anilines is 2. The highest BCUT2D eigenvalue weighted by Gasteiger charge is 2.07. The molecule has 0 atom stereocenters. The molecule has 0 radical (unpaired) electrons. The SMILES string of the molecule is Cc1cccc(C)c1NCC(=O)Nc1cccc2ccccc12. The van der Waals surface area contributed by atoms with Gasteiger partial charge in [-0.2, -0.15) is 0 Å². The van der Waals surface area contributed by atoms with E-state index in [1.54, 1.807) is 0 Å². The van der Waals surface area contributed by atoms with Crippen LogP contribution in [0.3, 0.4) is 0 Å². The summed E-state index contributed by atoms with van der Waals surface area (Å²) < 4.78 is 0. The Morgan fingerprint density at radius 1 is 0.870 bits per heavy atom. The van der Waals surface area contributed by atoms with E-state index >= 15 is 0 Å². The highest BCUT2D eigenvalue weighted by Crippen LogP contribution is 2.23. The van der Waals surface area contributed by atoms with Gasteiger partial charge in [0.1, 0.15) is 0 Å². The minimum atomic E-state index is -0.0518. The fourth-order valence-electron chi connectivity index (χ4n) is 2.79. The van der Waals surface area contributed by atoms with Crippen LogP contribution < -0.4 is 10.6 Å². The fraction of sp³-hybridized carbons (Fsp3) is 0.150. The molecule has 0 aliphatic rings. The number of nitrogens with one attached hydrogen (secondary N) is 2. The van der Waals surface area contributed by atoms with E-state index in [9.17, 15) is 4.79 Å². The third-order valence-electron chi connectivity index (χ3n) is 3.97. The molecule has 1 amide bonds. The normalized spacial score (nSPS) is 10.5. The maximum atomic E-state index is 12.3. The Labute approximate surface area is 136 Å². The minimum Gasteiger partial charge on any atom is -0.376 e. The molecule has 0 spiro atoms. The van der Waals surface area contributed by atoms with Crippen LogP contribution in [0.1, 0.15) is 11.1 Å². The lowest BCUT2D eigenvalue weighted by atomic mass is 10.1. The lowest BCUT2D eigenvalue weighted by Crippen LogP contribution is -2.22. The molecule has 0 saturated carbocycles. The number of para-hydroxylation sites is 1. The minimum absolute atomic E-state index is 0.0518. The Bertz CT molecular complexity index is 830. The van der Waals surface area contributed by atoms with E-state index in [1.165, 1.54) is 0 Å². The van der Waals surface area contributed by atoms with Crippen LogP contribution in [0, 0.1) is 13.8 Å². The fourth-order valence-corrected chi connectivity index (χ4v) is 2.79. The molecule has 0 fully saturated rings. The maximum absolute atomic E-state index is 12.3. The van der Waals surface area contributed by atoms with Crippen molar-refractivity contribution in [2.75, 3.05) is 17.2 Å². The third kappa shape index (κ3) is 3.34. The second-order valence-electron chi connectivity index (χ2n) is 5.70. The number of aryl methyl sites for hydroxylation is 2. The average molecular weight is 304 g/mol. The molecule has 0 unspecified atom stereocenters. The van der Waals surface area contributed by atoms with E-state index in [4.69, 9.17) is 0 Å². The van der Waals surface area contributed by atoms with Crippen LogP contribution >= 0.6 is 0 Å². The molecule has 3 aromatic carbocycles. The second-order valence-corrected chi connectivity index (χ2v) is 5.70. The van der Waals surface area contributed by atoms with Crippen molar-refractivity contribution in [2.45, 2.75) is 13.8 Å². The van der Waals surface area contributed by atoms with Gasteiger partial charge in [0.2, 0.25) is 5.91 Å². The molecule has 0 bridgehead atoms. The van der Waals surface area contributed by atoms with Crippen LogP contribution in [-0.4, -0.2) is 12.5 Å². The number of benzene rings is 3. The first-order valence-corrected chi connectivity index (χ1v) is 7.73. The zero-order valence-corrected chi connectivity index (χ0v) is 13.4. The van der Waals surface area contributed by atoms with Crippen LogP contribution in [0.4, 0.5) is 11.4 Å². The molecule has 3 rings (SSSR count). The van der Waals surface area contributed by atoms with E-state index in [2.05, 4.69) is 10.6 Å². The van der Waals surface area contributed by atoms with Gasteiger partial charge < -0.3 is 10.6 Å². The highest BCUT2D eigenvalue weighted by molar-refractivity contribution is 6.03. The molecule has 3 heteroatoms. The first kappa shape index (κ1) is 15.1. The zero-order chi connectivity index (χ0) is 16.2. The summed E-state index contributed by atoms with van der Waals surface area (Å²) in [5.74, 6) is -0.0518. The summed E-state index contributed by atoms with van der Waals surface area (Å²) in [5, 5.41) is 8.40. The van der Waals surface area contributed by atoms with Crippen LogP contribution in [0.5, 0.6) is 0 Å². The molecule has 0 aliphatic carbocycles. The monoisotopic (exact) mass is 304 g/mol. The summed E-state index contributed by atoms with van der Waals surface area (Å²) in [5.41, 5.74) is 4.16. The average Bonchev–Trinajstić information content (AvgIpc) is 2.55. The zero-order valence-electron chi connectivity index (χ0n) is 13.4. The summed E-state index contributed by atoms with van der Waals surface area (Å²) in [6.07, 6.45) is 0.